The number of carboxylic acids is 1. The number of carbonyl (C=O) groups is 3. The molecule has 7 heteroatoms. The van der Waals surface area contributed by atoms with Gasteiger partial charge in [0.2, 0.25) is 5.91 Å². The van der Waals surface area contributed by atoms with E-state index in [1.165, 1.54) is 4.90 Å². The average Bonchev–Trinajstić information content (AvgIpc) is 2.31. The Morgan fingerprint density at radius 3 is 2.20 bits per heavy atom. The summed E-state index contributed by atoms with van der Waals surface area (Å²) in [5.74, 6) is -1.33. The molecule has 0 fully saturated rings. The maximum Gasteiger partial charge on any atom is 0.326 e. The zero-order valence-corrected chi connectivity index (χ0v) is 12.5. The number of hydrogen-bond donors (Lipinski definition) is 3. The number of urea groups is 1. The molecule has 0 aliphatic heterocycles. The summed E-state index contributed by atoms with van der Waals surface area (Å²) in [6.45, 7) is 6.00. The van der Waals surface area contributed by atoms with E-state index < -0.39 is 23.9 Å². The lowest BCUT2D eigenvalue weighted by molar-refractivity contribution is -0.139. The van der Waals surface area contributed by atoms with E-state index in [1.54, 1.807) is 7.05 Å². The number of carboxylic acid groups (broad SMARTS) is 1. The van der Waals surface area contributed by atoms with Crippen LogP contribution in [0, 0.1) is 5.92 Å². The van der Waals surface area contributed by atoms with Crippen LogP contribution in [0.2, 0.25) is 0 Å². The Kier molecular flexibility index (Phi) is 7.64. The van der Waals surface area contributed by atoms with E-state index in [0.717, 1.165) is 6.42 Å². The first-order valence-electron chi connectivity index (χ1n) is 6.69. The zero-order chi connectivity index (χ0) is 15.9. The third-order valence-electron chi connectivity index (χ3n) is 3.07. The molecule has 116 valence electrons. The second-order valence-electron chi connectivity index (χ2n) is 5.43. The lowest BCUT2D eigenvalue weighted by Gasteiger charge is -2.28. The quantitative estimate of drug-likeness (QED) is 0.612. The van der Waals surface area contributed by atoms with Gasteiger partial charge in [-0.05, 0) is 25.7 Å². The first-order valence-corrected chi connectivity index (χ1v) is 6.69. The van der Waals surface area contributed by atoms with Gasteiger partial charge in [0.15, 0.2) is 0 Å². The van der Waals surface area contributed by atoms with E-state index in [1.807, 2.05) is 6.92 Å². The molecule has 0 rings (SSSR count). The summed E-state index contributed by atoms with van der Waals surface area (Å²) in [5, 5.41) is 11.4. The Labute approximate surface area is 119 Å². The van der Waals surface area contributed by atoms with Crippen LogP contribution in [0.5, 0.6) is 0 Å². The van der Waals surface area contributed by atoms with Gasteiger partial charge in [-0.1, -0.05) is 13.8 Å². The molecule has 4 N–H and O–H groups in total. The molecule has 0 radical (unpaired) electrons. The Bertz CT molecular complexity index is 358. The smallest absolute Gasteiger partial charge is 0.326 e. The number of nitrogens with one attached hydrogen (secondary N) is 1. The molecule has 0 bridgehead atoms. The molecule has 0 heterocycles. The van der Waals surface area contributed by atoms with Gasteiger partial charge in [-0.3, -0.25) is 4.79 Å². The van der Waals surface area contributed by atoms with Crippen LogP contribution < -0.4 is 11.1 Å². The number of amides is 3. The van der Waals surface area contributed by atoms with E-state index in [4.69, 9.17) is 10.8 Å². The second-order valence-corrected chi connectivity index (χ2v) is 5.43. The van der Waals surface area contributed by atoms with Gasteiger partial charge in [0.1, 0.15) is 6.04 Å². The van der Waals surface area contributed by atoms with E-state index in [0.29, 0.717) is 5.92 Å². The standard InChI is InChI=1S/C13H25N3O4/c1-8(2)7-9(3)16(4)13(20)15-10(12(18)19)5-6-11(14)17/h8-10H,5-7H2,1-4H3,(H2,14,17)(H,15,20)(H,18,19)/t9?,10-/m1/s1. The number of primary amides is 1. The van der Waals surface area contributed by atoms with Crippen LogP contribution >= 0.6 is 0 Å². The molecular weight excluding hydrogens is 262 g/mol. The monoisotopic (exact) mass is 287 g/mol. The van der Waals surface area contributed by atoms with Crippen LogP contribution in [-0.2, 0) is 9.59 Å². The van der Waals surface area contributed by atoms with Crippen molar-refractivity contribution in [2.24, 2.45) is 11.7 Å². The highest BCUT2D eigenvalue weighted by atomic mass is 16.4. The topological polar surface area (TPSA) is 113 Å². The summed E-state index contributed by atoms with van der Waals surface area (Å²) in [7, 11) is 1.62. The van der Waals surface area contributed by atoms with E-state index >= 15 is 0 Å². The second kappa shape index (κ2) is 8.39. The normalized spacial score (nSPS) is 13.7. The maximum absolute atomic E-state index is 12.0. The third-order valence-corrected chi connectivity index (χ3v) is 3.07. The lowest BCUT2D eigenvalue weighted by Crippen LogP contribution is -2.49. The molecule has 7 nitrogen and oxygen atoms in total. The van der Waals surface area contributed by atoms with Gasteiger partial charge in [0.25, 0.3) is 0 Å². The van der Waals surface area contributed by atoms with E-state index in [-0.39, 0.29) is 18.9 Å². The number of hydrogen-bond acceptors (Lipinski definition) is 3. The van der Waals surface area contributed by atoms with Gasteiger partial charge < -0.3 is 21.1 Å². The van der Waals surface area contributed by atoms with Crippen molar-refractivity contribution in [2.45, 2.75) is 52.1 Å². The Morgan fingerprint density at radius 2 is 1.80 bits per heavy atom. The van der Waals surface area contributed by atoms with Crippen LogP contribution in [0.3, 0.4) is 0 Å². The summed E-state index contributed by atoms with van der Waals surface area (Å²) >= 11 is 0. The molecule has 0 aromatic rings. The molecule has 0 spiro atoms. The molecule has 20 heavy (non-hydrogen) atoms. The summed E-state index contributed by atoms with van der Waals surface area (Å²) in [5.41, 5.74) is 4.98. The molecule has 0 saturated carbocycles. The van der Waals surface area contributed by atoms with Gasteiger partial charge >= 0.3 is 12.0 Å². The van der Waals surface area contributed by atoms with Crippen LogP contribution in [-0.4, -0.2) is 47.0 Å². The fourth-order valence-corrected chi connectivity index (χ4v) is 1.84. The molecule has 0 aliphatic carbocycles. The van der Waals surface area contributed by atoms with Gasteiger partial charge in [0.05, 0.1) is 0 Å². The summed E-state index contributed by atoms with van der Waals surface area (Å²) in [4.78, 5) is 35.1. The fourth-order valence-electron chi connectivity index (χ4n) is 1.84. The van der Waals surface area contributed by atoms with Crippen LogP contribution in [0.1, 0.15) is 40.0 Å². The van der Waals surface area contributed by atoms with Crippen LogP contribution in [0.4, 0.5) is 4.79 Å². The van der Waals surface area contributed by atoms with Crippen molar-refractivity contribution in [3.8, 4) is 0 Å². The van der Waals surface area contributed by atoms with Crippen molar-refractivity contribution < 1.29 is 19.5 Å². The molecular formula is C13H25N3O4. The molecule has 2 atom stereocenters. The fraction of sp³-hybridized carbons (Fsp3) is 0.769. The van der Waals surface area contributed by atoms with E-state index in [2.05, 4.69) is 19.2 Å². The first kappa shape index (κ1) is 18.2. The van der Waals surface area contributed by atoms with E-state index in [9.17, 15) is 14.4 Å². The van der Waals surface area contributed by atoms with Crippen molar-refractivity contribution in [2.75, 3.05) is 7.05 Å². The first-order chi connectivity index (χ1) is 9.15. The van der Waals surface area contributed by atoms with Crippen molar-refractivity contribution in [3.63, 3.8) is 0 Å². The van der Waals surface area contributed by atoms with Crippen molar-refractivity contribution in [1.82, 2.24) is 10.2 Å². The van der Waals surface area contributed by atoms with Crippen molar-refractivity contribution in [1.29, 1.82) is 0 Å². The van der Waals surface area contributed by atoms with Crippen LogP contribution in [0.15, 0.2) is 0 Å². The molecule has 3 amide bonds. The minimum absolute atomic E-state index is 0.000542. The zero-order valence-electron chi connectivity index (χ0n) is 12.5. The maximum atomic E-state index is 12.0. The summed E-state index contributed by atoms with van der Waals surface area (Å²) in [6, 6.07) is -1.57. The number of carbonyl (C=O) groups excluding carboxylic acids is 2. The molecule has 0 aromatic heterocycles. The molecule has 0 aromatic carbocycles. The van der Waals surface area contributed by atoms with Gasteiger partial charge in [0, 0.05) is 19.5 Å². The molecule has 0 aliphatic rings. The van der Waals surface area contributed by atoms with Crippen molar-refractivity contribution >= 4 is 17.9 Å². The highest BCUT2D eigenvalue weighted by molar-refractivity contribution is 5.83. The Hall–Kier alpha value is -1.79. The number of nitrogens with two attached hydrogens (primary N) is 1. The van der Waals surface area contributed by atoms with Crippen LogP contribution in [0.25, 0.3) is 0 Å². The van der Waals surface area contributed by atoms with Gasteiger partial charge in [-0.15, -0.1) is 0 Å². The van der Waals surface area contributed by atoms with Gasteiger partial charge in [-0.25, -0.2) is 9.59 Å². The number of nitrogens with zero attached hydrogens (tertiary/aromatic N) is 1. The predicted octanol–water partition coefficient (Wildman–Crippen LogP) is 0.781. The SMILES string of the molecule is CC(C)CC(C)N(C)C(=O)N[C@H](CCC(N)=O)C(=O)O. The molecule has 0 saturated heterocycles. The average molecular weight is 287 g/mol. The predicted molar refractivity (Wildman–Crippen MR) is 75.1 cm³/mol. The summed E-state index contributed by atoms with van der Waals surface area (Å²) in [6.07, 6.45) is 0.730. The largest absolute Gasteiger partial charge is 0.480 e. The lowest BCUT2D eigenvalue weighted by atomic mass is 10.0. The highest BCUT2D eigenvalue weighted by Crippen LogP contribution is 2.10. The summed E-state index contributed by atoms with van der Waals surface area (Å²) < 4.78 is 0. The number of aliphatic carboxylic acids is 1. The van der Waals surface area contributed by atoms with Crippen molar-refractivity contribution in [3.05, 3.63) is 0 Å². The third kappa shape index (κ3) is 6.96. The van der Waals surface area contributed by atoms with Gasteiger partial charge in [-0.2, -0.15) is 0 Å². The highest BCUT2D eigenvalue weighted by Gasteiger charge is 2.24. The minimum atomic E-state index is -1.18. The molecule has 1 unspecified atom stereocenters. The number of rotatable bonds is 8. The minimum Gasteiger partial charge on any atom is -0.480 e. The Morgan fingerprint density at radius 1 is 1.25 bits per heavy atom. The Balaban J connectivity index is 4.51.